The quantitative estimate of drug-likeness (QED) is 0.528. The fourth-order valence-corrected chi connectivity index (χ4v) is 3.19. The molecule has 7 nitrogen and oxygen atoms in total. The number of rotatable bonds is 4. The Morgan fingerprint density at radius 3 is 2.39 bits per heavy atom. The largest absolute Gasteiger partial charge is 0.270 e. The molecular weight excluding hydrogens is 352 g/mol. The summed E-state index contributed by atoms with van der Waals surface area (Å²) in [6.07, 6.45) is 1.60. The summed E-state index contributed by atoms with van der Waals surface area (Å²) >= 11 is 0. The number of aromatic nitrogens is 5. The van der Waals surface area contributed by atoms with E-state index in [1.807, 2.05) is 77.5 Å². The maximum atomic E-state index is 12.6. The van der Waals surface area contributed by atoms with Gasteiger partial charge in [0.2, 0.25) is 0 Å². The third-order valence-electron chi connectivity index (χ3n) is 4.64. The molecule has 136 valence electrons. The monoisotopic (exact) mass is 368 g/mol. The lowest BCUT2D eigenvalue weighted by Gasteiger charge is -2.08. The Hall–Kier alpha value is -4.00. The molecule has 5 rings (SSSR count). The Balaban J connectivity index is 1.34. The minimum absolute atomic E-state index is 0.194. The molecule has 0 radical (unpaired) electrons. The zero-order chi connectivity index (χ0) is 18.9. The molecular formula is C21H16N6O. The molecule has 28 heavy (non-hydrogen) atoms. The molecule has 0 atom stereocenters. The molecule has 0 saturated heterocycles. The maximum absolute atomic E-state index is 12.6. The zero-order valence-electron chi connectivity index (χ0n) is 14.9. The van der Waals surface area contributed by atoms with Gasteiger partial charge in [-0.15, -0.1) is 5.10 Å². The molecule has 3 aromatic carbocycles. The van der Waals surface area contributed by atoms with Crippen LogP contribution in [0.15, 0.2) is 79.1 Å². The van der Waals surface area contributed by atoms with Crippen LogP contribution < -0.4 is 5.43 Å². The van der Waals surface area contributed by atoms with Gasteiger partial charge in [0.1, 0.15) is 11.8 Å². The van der Waals surface area contributed by atoms with E-state index in [2.05, 4.69) is 20.7 Å². The summed E-state index contributed by atoms with van der Waals surface area (Å²) in [6.45, 7) is 0.592. The summed E-state index contributed by atoms with van der Waals surface area (Å²) in [5.41, 5.74) is 8.01. The van der Waals surface area contributed by atoms with Crippen molar-refractivity contribution in [1.29, 1.82) is 0 Å². The fraction of sp³-hybridized carbons (Fsp3) is 0.0476. The highest BCUT2D eigenvalue weighted by Crippen LogP contribution is 2.14. The number of hydrogen-bond donors (Lipinski definition) is 1. The number of fused-ring (bicyclic) bond motifs is 2. The fourth-order valence-electron chi connectivity index (χ4n) is 3.19. The number of carbonyl (C=O) groups is 1. The number of nitrogens with zero attached hydrogens (tertiary/aromatic N) is 5. The molecule has 7 heteroatoms. The summed E-state index contributed by atoms with van der Waals surface area (Å²) < 4.78 is 3.48. The van der Waals surface area contributed by atoms with Crippen LogP contribution in [0.3, 0.4) is 0 Å². The van der Waals surface area contributed by atoms with Gasteiger partial charge >= 0.3 is 0 Å². The van der Waals surface area contributed by atoms with Crippen LogP contribution >= 0.6 is 0 Å². The van der Waals surface area contributed by atoms with E-state index in [0.29, 0.717) is 12.1 Å². The van der Waals surface area contributed by atoms with Crippen LogP contribution in [0.4, 0.5) is 0 Å². The molecule has 0 aliphatic heterocycles. The highest BCUT2D eigenvalue weighted by molar-refractivity contribution is 6.00. The van der Waals surface area contributed by atoms with Gasteiger partial charge in [-0.1, -0.05) is 41.6 Å². The second-order valence-electron chi connectivity index (χ2n) is 6.48. The van der Waals surface area contributed by atoms with Gasteiger partial charge < -0.3 is 0 Å². The van der Waals surface area contributed by atoms with E-state index < -0.39 is 0 Å². The summed E-state index contributed by atoms with van der Waals surface area (Å²) in [4.78, 5) is 16.9. The van der Waals surface area contributed by atoms with E-state index in [0.717, 1.165) is 27.6 Å². The zero-order valence-corrected chi connectivity index (χ0v) is 14.9. The van der Waals surface area contributed by atoms with Crippen LogP contribution in [-0.4, -0.2) is 30.6 Å². The minimum Gasteiger partial charge on any atom is -0.267 e. The number of imidazole rings is 1. The van der Waals surface area contributed by atoms with Crippen molar-refractivity contribution in [2.75, 3.05) is 5.43 Å². The summed E-state index contributed by atoms with van der Waals surface area (Å²) in [7, 11) is 0. The maximum Gasteiger partial charge on any atom is 0.270 e. The predicted octanol–water partition coefficient (Wildman–Crippen LogP) is 3.21. The predicted molar refractivity (Wildman–Crippen MR) is 106 cm³/mol. The van der Waals surface area contributed by atoms with Gasteiger partial charge in [0.05, 0.1) is 23.1 Å². The van der Waals surface area contributed by atoms with Gasteiger partial charge in [-0.3, -0.25) is 10.2 Å². The van der Waals surface area contributed by atoms with Crippen LogP contribution in [0.25, 0.3) is 22.1 Å². The average Bonchev–Trinajstić information content (AvgIpc) is 3.33. The average molecular weight is 368 g/mol. The molecule has 0 saturated carbocycles. The van der Waals surface area contributed by atoms with Crippen molar-refractivity contribution < 1.29 is 4.79 Å². The third-order valence-corrected chi connectivity index (χ3v) is 4.64. The lowest BCUT2D eigenvalue weighted by Crippen LogP contribution is -2.22. The van der Waals surface area contributed by atoms with Crippen molar-refractivity contribution in [3.8, 4) is 0 Å². The molecule has 2 aromatic heterocycles. The SMILES string of the molecule is O=C(Nn1cnc2ccccc21)c1ccc(Cn2nnc3ccccc32)cc1. The molecule has 5 aromatic rings. The molecule has 0 aliphatic carbocycles. The highest BCUT2D eigenvalue weighted by Gasteiger charge is 2.09. The minimum atomic E-state index is -0.194. The second kappa shape index (κ2) is 6.62. The van der Waals surface area contributed by atoms with Crippen molar-refractivity contribution in [2.24, 2.45) is 0 Å². The van der Waals surface area contributed by atoms with Crippen LogP contribution in [0.5, 0.6) is 0 Å². The first-order chi connectivity index (χ1) is 13.8. The summed E-state index contributed by atoms with van der Waals surface area (Å²) in [5, 5.41) is 8.37. The van der Waals surface area contributed by atoms with E-state index in [1.54, 1.807) is 11.0 Å². The Labute approximate surface area is 160 Å². The number of benzene rings is 3. The first-order valence-corrected chi connectivity index (χ1v) is 8.88. The standard InChI is InChI=1S/C21H16N6O/c28-21(24-27-14-22-17-5-1-3-7-19(17)27)16-11-9-15(10-12-16)13-26-20-8-4-2-6-18(20)23-25-26/h1-12,14H,13H2,(H,24,28). The number of nitrogens with one attached hydrogen (secondary N) is 1. The van der Waals surface area contributed by atoms with E-state index >= 15 is 0 Å². The first-order valence-electron chi connectivity index (χ1n) is 8.88. The van der Waals surface area contributed by atoms with Crippen molar-refractivity contribution in [2.45, 2.75) is 6.54 Å². The number of hydrogen-bond acceptors (Lipinski definition) is 4. The van der Waals surface area contributed by atoms with Gasteiger partial charge in [0, 0.05) is 5.56 Å². The molecule has 0 spiro atoms. The molecule has 0 aliphatic rings. The second-order valence-corrected chi connectivity index (χ2v) is 6.48. The lowest BCUT2D eigenvalue weighted by molar-refractivity contribution is 0.101. The van der Waals surface area contributed by atoms with E-state index in [1.165, 1.54) is 0 Å². The third kappa shape index (κ3) is 2.88. The smallest absolute Gasteiger partial charge is 0.267 e. The summed E-state index contributed by atoms with van der Waals surface area (Å²) in [5.74, 6) is -0.194. The van der Waals surface area contributed by atoms with Gasteiger partial charge in [-0.2, -0.15) is 0 Å². The number of para-hydroxylation sites is 3. The van der Waals surface area contributed by atoms with E-state index in [4.69, 9.17) is 0 Å². The lowest BCUT2D eigenvalue weighted by atomic mass is 10.1. The van der Waals surface area contributed by atoms with Crippen molar-refractivity contribution in [1.82, 2.24) is 24.7 Å². The Morgan fingerprint density at radius 2 is 1.57 bits per heavy atom. The van der Waals surface area contributed by atoms with Gasteiger partial charge in [-0.05, 0) is 42.0 Å². The van der Waals surface area contributed by atoms with Crippen molar-refractivity contribution >= 4 is 28.0 Å². The summed E-state index contributed by atoms with van der Waals surface area (Å²) in [6, 6.07) is 23.0. The van der Waals surface area contributed by atoms with Crippen LogP contribution in [0.2, 0.25) is 0 Å². The van der Waals surface area contributed by atoms with Crippen LogP contribution in [0.1, 0.15) is 15.9 Å². The molecule has 0 unspecified atom stereocenters. The molecule has 0 fully saturated rings. The Kier molecular flexibility index (Phi) is 3.83. The molecule has 1 N–H and O–H groups in total. The van der Waals surface area contributed by atoms with Crippen LogP contribution in [-0.2, 0) is 6.54 Å². The van der Waals surface area contributed by atoms with E-state index in [-0.39, 0.29) is 5.91 Å². The number of carbonyl (C=O) groups excluding carboxylic acids is 1. The van der Waals surface area contributed by atoms with Crippen molar-refractivity contribution in [3.63, 3.8) is 0 Å². The topological polar surface area (TPSA) is 77.6 Å². The molecule has 0 bridgehead atoms. The normalized spacial score (nSPS) is 11.1. The Morgan fingerprint density at radius 1 is 0.857 bits per heavy atom. The Bertz CT molecular complexity index is 1290. The molecule has 1 amide bonds. The van der Waals surface area contributed by atoms with Gasteiger partial charge in [-0.25, -0.2) is 14.3 Å². The number of amides is 1. The molecule has 2 heterocycles. The van der Waals surface area contributed by atoms with Gasteiger partial charge in [0.15, 0.2) is 0 Å². The first kappa shape index (κ1) is 16.2. The van der Waals surface area contributed by atoms with Gasteiger partial charge in [0.25, 0.3) is 5.91 Å². The van der Waals surface area contributed by atoms with Crippen LogP contribution in [0, 0.1) is 0 Å². The highest BCUT2D eigenvalue weighted by atomic mass is 16.2. The van der Waals surface area contributed by atoms with E-state index in [9.17, 15) is 4.79 Å². The van der Waals surface area contributed by atoms with Crippen molar-refractivity contribution in [3.05, 3.63) is 90.3 Å².